The molecule has 2 atom stereocenters. The van der Waals surface area contributed by atoms with Gasteiger partial charge in [0.1, 0.15) is 17.2 Å². The Hall–Kier alpha value is -5.15. The summed E-state index contributed by atoms with van der Waals surface area (Å²) in [6, 6.07) is 10.6. The second-order valence-corrected chi connectivity index (χ2v) is 16.7. The first-order valence-electron chi connectivity index (χ1n) is 18.7. The molecule has 15 heteroatoms. The van der Waals surface area contributed by atoms with E-state index in [1.165, 1.54) is 6.20 Å². The number of hydrogen-bond acceptors (Lipinski definition) is 8. The molecule has 2 saturated heterocycles. The molecule has 2 fully saturated rings. The first-order valence-corrected chi connectivity index (χ1v) is 18.7. The maximum Gasteiger partial charge on any atom is 0.226 e. The third kappa shape index (κ3) is 9.05. The zero-order chi connectivity index (χ0) is 38.9. The van der Waals surface area contributed by atoms with Crippen LogP contribution in [0, 0.1) is 40.1 Å². The summed E-state index contributed by atoms with van der Waals surface area (Å²) in [6.45, 7) is 13.4. The molecule has 4 N–H and O–H groups in total. The average molecular weight is 757 g/mol. The molecule has 0 saturated carbocycles. The number of rotatable bonds is 13. The smallest absolute Gasteiger partial charge is 0.226 e. The van der Waals surface area contributed by atoms with Crippen LogP contribution in [0.25, 0.3) is 33.4 Å². The van der Waals surface area contributed by atoms with Crippen molar-refractivity contribution in [1.29, 1.82) is 0 Å². The number of H-pyrrole nitrogens is 2. The normalized spacial score (nSPS) is 18.3. The Balaban J connectivity index is 0.853. The summed E-state index contributed by atoms with van der Waals surface area (Å²) in [7, 11) is 0. The SMILES string of the molecule is CC(C)(CC(=O)Nc1n[nH]c(-c2cncc(F)c2)c1F)CN1CCC(C2CCN(CC(C)(C)CC(=O)Nc3n[nH]c(-c4cnc5ccccc5c4)c3F)C2)C1. The molecule has 12 nitrogen and oxygen atoms in total. The Bertz CT molecular complexity index is 2180. The topological polar surface area (TPSA) is 148 Å². The number of carbonyl (C=O) groups is 2. The molecule has 0 spiro atoms. The van der Waals surface area contributed by atoms with Crippen LogP contribution < -0.4 is 10.6 Å². The number of hydrogen-bond donors (Lipinski definition) is 4. The fraction of sp³-hybridized carbons (Fsp3) is 0.450. The van der Waals surface area contributed by atoms with E-state index in [1.807, 2.05) is 44.2 Å². The molecule has 0 aliphatic carbocycles. The van der Waals surface area contributed by atoms with Gasteiger partial charge in [-0.1, -0.05) is 45.9 Å². The quantitative estimate of drug-likeness (QED) is 0.102. The van der Waals surface area contributed by atoms with Crippen molar-refractivity contribution in [2.24, 2.45) is 22.7 Å². The number of amides is 2. The van der Waals surface area contributed by atoms with E-state index in [1.54, 1.807) is 6.20 Å². The number of carbonyl (C=O) groups excluding carboxylic acids is 2. The highest BCUT2D eigenvalue weighted by Crippen LogP contribution is 2.36. The minimum Gasteiger partial charge on any atom is -0.307 e. The first-order chi connectivity index (χ1) is 26.2. The van der Waals surface area contributed by atoms with Crippen LogP contribution in [-0.2, 0) is 9.59 Å². The molecule has 2 aliphatic heterocycles. The van der Waals surface area contributed by atoms with Crippen molar-refractivity contribution >= 4 is 34.4 Å². The van der Waals surface area contributed by atoms with Crippen LogP contribution in [0.1, 0.15) is 53.4 Å². The lowest BCUT2D eigenvalue weighted by atomic mass is 9.87. The van der Waals surface area contributed by atoms with E-state index in [-0.39, 0.29) is 64.1 Å². The van der Waals surface area contributed by atoms with Gasteiger partial charge in [0.2, 0.25) is 11.8 Å². The number of aromatic nitrogens is 6. The summed E-state index contributed by atoms with van der Waals surface area (Å²) >= 11 is 0. The number of aromatic amines is 2. The number of benzene rings is 1. The number of pyridine rings is 2. The maximum atomic E-state index is 15.4. The monoisotopic (exact) mass is 756 g/mol. The highest BCUT2D eigenvalue weighted by Gasteiger charge is 2.38. The standard InChI is InChI=1S/C40H47F3N10O2/c1-39(2,15-31(54)46-37-33(42)35(48-50-37)27-13-24-7-5-6-8-30(24)45-18-27)22-52-11-9-25(20-52)26-10-12-53(21-26)23-40(3,4)16-32(55)47-38-34(43)36(49-51-38)28-14-29(41)19-44-17-28/h5-8,13-14,17-19,25-26H,9-12,15-16,20-23H2,1-4H3,(H2,46,48,50,54)(H2,47,49,51,55). The summed E-state index contributed by atoms with van der Waals surface area (Å²) in [5.74, 6) is -1.93. The van der Waals surface area contributed by atoms with Crippen molar-refractivity contribution in [1.82, 2.24) is 40.2 Å². The van der Waals surface area contributed by atoms with Crippen molar-refractivity contribution in [3.8, 4) is 22.5 Å². The molecule has 2 unspecified atom stereocenters. The summed E-state index contributed by atoms with van der Waals surface area (Å²) < 4.78 is 44.0. The fourth-order valence-corrected chi connectivity index (χ4v) is 8.29. The summed E-state index contributed by atoms with van der Waals surface area (Å²) in [4.78, 5) is 39.1. The number of halogens is 3. The molecule has 5 aromatic rings. The lowest BCUT2D eigenvalue weighted by Crippen LogP contribution is -2.37. The highest BCUT2D eigenvalue weighted by atomic mass is 19.1. The van der Waals surface area contributed by atoms with Crippen LogP contribution in [0.4, 0.5) is 24.8 Å². The predicted molar refractivity (Wildman–Crippen MR) is 204 cm³/mol. The van der Waals surface area contributed by atoms with Crippen molar-refractivity contribution in [3.05, 3.63) is 72.4 Å². The van der Waals surface area contributed by atoms with Gasteiger partial charge in [0.05, 0.1) is 11.7 Å². The molecule has 0 bridgehead atoms. The van der Waals surface area contributed by atoms with Crippen molar-refractivity contribution in [3.63, 3.8) is 0 Å². The zero-order valence-corrected chi connectivity index (χ0v) is 31.6. The molecule has 7 rings (SSSR count). The third-order valence-electron chi connectivity index (χ3n) is 10.7. The van der Waals surface area contributed by atoms with Crippen LogP contribution >= 0.6 is 0 Å². The lowest BCUT2D eigenvalue weighted by Gasteiger charge is -2.31. The summed E-state index contributed by atoms with van der Waals surface area (Å²) in [6.07, 6.45) is 6.48. The minimum absolute atomic E-state index is 0.0451. The molecule has 6 heterocycles. The lowest BCUT2D eigenvalue weighted by molar-refractivity contribution is -0.119. The maximum absolute atomic E-state index is 15.4. The van der Waals surface area contributed by atoms with E-state index in [4.69, 9.17) is 0 Å². The molecule has 2 amide bonds. The molecular formula is C40H47F3N10O2. The first kappa shape index (κ1) is 38.1. The van der Waals surface area contributed by atoms with E-state index in [2.05, 4.69) is 64.6 Å². The Kier molecular flexibility index (Phi) is 10.8. The van der Waals surface area contributed by atoms with Crippen LogP contribution in [0.15, 0.2) is 55.0 Å². The highest BCUT2D eigenvalue weighted by molar-refractivity contribution is 5.92. The second-order valence-electron chi connectivity index (χ2n) is 16.7. The van der Waals surface area contributed by atoms with Crippen LogP contribution in [0.2, 0.25) is 0 Å². The van der Waals surface area contributed by atoms with Gasteiger partial charge in [-0.05, 0) is 66.8 Å². The molecular weight excluding hydrogens is 710 g/mol. The second kappa shape index (κ2) is 15.5. The van der Waals surface area contributed by atoms with Crippen LogP contribution in [0.5, 0.6) is 0 Å². The minimum atomic E-state index is -0.771. The van der Waals surface area contributed by atoms with Gasteiger partial charge < -0.3 is 20.4 Å². The van der Waals surface area contributed by atoms with Gasteiger partial charge in [-0.15, -0.1) is 0 Å². The molecule has 0 radical (unpaired) electrons. The Labute approximate surface area is 317 Å². The number of anilines is 2. The van der Waals surface area contributed by atoms with Gasteiger partial charge in [0.25, 0.3) is 0 Å². The Morgan fingerprint density at radius 1 is 0.764 bits per heavy atom. The van der Waals surface area contributed by atoms with Crippen molar-refractivity contribution in [2.45, 2.75) is 53.4 Å². The molecule has 4 aromatic heterocycles. The third-order valence-corrected chi connectivity index (χ3v) is 10.7. The summed E-state index contributed by atoms with van der Waals surface area (Å²) in [5.41, 5.74) is 0.958. The van der Waals surface area contributed by atoms with E-state index < -0.39 is 17.5 Å². The number of para-hydroxylation sites is 1. The number of fused-ring (bicyclic) bond motifs is 1. The number of nitrogens with one attached hydrogen (secondary N) is 4. The molecule has 290 valence electrons. The Morgan fingerprint density at radius 2 is 1.29 bits per heavy atom. The van der Waals surface area contributed by atoms with Gasteiger partial charge in [-0.2, -0.15) is 10.2 Å². The van der Waals surface area contributed by atoms with Crippen molar-refractivity contribution in [2.75, 3.05) is 49.9 Å². The van der Waals surface area contributed by atoms with Gasteiger partial charge >= 0.3 is 0 Å². The van der Waals surface area contributed by atoms with Gasteiger partial charge in [0.15, 0.2) is 23.3 Å². The average Bonchev–Trinajstić information content (AvgIpc) is 3.93. The van der Waals surface area contributed by atoms with Crippen LogP contribution in [0.3, 0.4) is 0 Å². The fourth-order valence-electron chi connectivity index (χ4n) is 8.29. The van der Waals surface area contributed by atoms with E-state index >= 15 is 8.78 Å². The molecule has 2 aliphatic rings. The van der Waals surface area contributed by atoms with E-state index in [0.29, 0.717) is 17.4 Å². The van der Waals surface area contributed by atoms with Crippen molar-refractivity contribution < 1.29 is 22.8 Å². The van der Waals surface area contributed by atoms with Gasteiger partial charge in [0, 0.05) is 67.9 Å². The zero-order valence-electron chi connectivity index (χ0n) is 31.6. The van der Waals surface area contributed by atoms with E-state index in [0.717, 1.165) is 75.3 Å². The Morgan fingerprint density at radius 3 is 1.84 bits per heavy atom. The molecule has 55 heavy (non-hydrogen) atoms. The number of likely N-dealkylation sites (tertiary alicyclic amines) is 2. The van der Waals surface area contributed by atoms with Gasteiger partial charge in [-0.25, -0.2) is 13.2 Å². The van der Waals surface area contributed by atoms with Crippen LogP contribution in [-0.4, -0.2) is 91.2 Å². The largest absolute Gasteiger partial charge is 0.307 e. The summed E-state index contributed by atoms with van der Waals surface area (Å²) in [5, 5.41) is 19.3. The number of nitrogens with zero attached hydrogens (tertiary/aromatic N) is 6. The predicted octanol–water partition coefficient (Wildman–Crippen LogP) is 6.88. The molecule has 1 aromatic carbocycles. The van der Waals surface area contributed by atoms with E-state index in [9.17, 15) is 14.0 Å². The van der Waals surface area contributed by atoms with Gasteiger partial charge in [-0.3, -0.25) is 29.8 Å².